The van der Waals surface area contributed by atoms with Gasteiger partial charge in [-0.2, -0.15) is 0 Å². The van der Waals surface area contributed by atoms with Crippen LogP contribution >= 0.6 is 0 Å². The van der Waals surface area contributed by atoms with Crippen LogP contribution < -0.4 is 0 Å². The Morgan fingerprint density at radius 1 is 1.33 bits per heavy atom. The molecule has 0 aromatic rings. The highest BCUT2D eigenvalue weighted by Crippen LogP contribution is 2.44. The van der Waals surface area contributed by atoms with Crippen LogP contribution in [0.25, 0.3) is 0 Å². The molecule has 0 saturated heterocycles. The average molecular weight is 170 g/mol. The zero-order chi connectivity index (χ0) is 9.41. The molecule has 1 rings (SSSR count). The van der Waals surface area contributed by atoms with E-state index in [9.17, 15) is 5.11 Å². The van der Waals surface area contributed by atoms with Gasteiger partial charge < -0.3 is 5.11 Å². The maximum atomic E-state index is 10.2. The number of hydrogen-bond donors (Lipinski definition) is 1. The first-order valence-electron chi connectivity index (χ1n) is 5.09. The highest BCUT2D eigenvalue weighted by atomic mass is 16.3. The van der Waals surface area contributed by atoms with E-state index in [1.807, 2.05) is 0 Å². The number of rotatable bonds is 1. The number of hydrogen-bond acceptors (Lipinski definition) is 1. The van der Waals surface area contributed by atoms with Gasteiger partial charge in [0.15, 0.2) is 0 Å². The van der Waals surface area contributed by atoms with Crippen LogP contribution in [0.2, 0.25) is 0 Å². The molecule has 1 saturated carbocycles. The van der Waals surface area contributed by atoms with Gasteiger partial charge in [0, 0.05) is 0 Å². The molecule has 0 heterocycles. The van der Waals surface area contributed by atoms with Gasteiger partial charge in [-0.3, -0.25) is 0 Å². The Labute approximate surface area is 76.2 Å². The normalized spacial score (nSPS) is 41.2. The second kappa shape index (κ2) is 3.02. The van der Waals surface area contributed by atoms with E-state index in [-0.39, 0.29) is 5.60 Å². The SMILES string of the molecule is CC[C@@]1(O)C[C@H](C)CC(C)(C)C1. The molecule has 1 aliphatic rings. The number of aliphatic hydroxyl groups is 1. The van der Waals surface area contributed by atoms with Crippen LogP contribution in [-0.4, -0.2) is 10.7 Å². The fourth-order valence-corrected chi connectivity index (χ4v) is 2.97. The first-order chi connectivity index (χ1) is 5.37. The van der Waals surface area contributed by atoms with E-state index in [1.165, 1.54) is 6.42 Å². The van der Waals surface area contributed by atoms with Crippen molar-refractivity contribution in [3.8, 4) is 0 Å². The van der Waals surface area contributed by atoms with Crippen molar-refractivity contribution in [2.24, 2.45) is 11.3 Å². The summed E-state index contributed by atoms with van der Waals surface area (Å²) in [6, 6.07) is 0. The molecule has 0 aromatic heterocycles. The Hall–Kier alpha value is -0.0400. The zero-order valence-corrected chi connectivity index (χ0v) is 8.85. The molecule has 0 radical (unpaired) electrons. The molecular formula is C11H22O. The summed E-state index contributed by atoms with van der Waals surface area (Å²) in [7, 11) is 0. The predicted molar refractivity (Wildman–Crippen MR) is 52.0 cm³/mol. The maximum absolute atomic E-state index is 10.2. The predicted octanol–water partition coefficient (Wildman–Crippen LogP) is 2.97. The highest BCUT2D eigenvalue weighted by molar-refractivity contribution is 4.92. The van der Waals surface area contributed by atoms with Gasteiger partial charge in [-0.05, 0) is 37.0 Å². The summed E-state index contributed by atoms with van der Waals surface area (Å²) >= 11 is 0. The first kappa shape index (κ1) is 10.0. The Kier molecular flexibility index (Phi) is 2.53. The second-order valence-corrected chi connectivity index (χ2v) is 5.43. The van der Waals surface area contributed by atoms with E-state index in [1.54, 1.807) is 0 Å². The minimum Gasteiger partial charge on any atom is -0.390 e. The smallest absolute Gasteiger partial charge is 0.0652 e. The largest absolute Gasteiger partial charge is 0.390 e. The molecule has 0 bridgehead atoms. The van der Waals surface area contributed by atoms with Crippen LogP contribution in [0.4, 0.5) is 0 Å². The van der Waals surface area contributed by atoms with Crippen molar-refractivity contribution in [1.29, 1.82) is 0 Å². The Morgan fingerprint density at radius 3 is 2.33 bits per heavy atom. The average Bonchev–Trinajstić information content (AvgIpc) is 1.82. The van der Waals surface area contributed by atoms with Gasteiger partial charge in [-0.15, -0.1) is 0 Å². The van der Waals surface area contributed by atoms with Gasteiger partial charge in [-0.25, -0.2) is 0 Å². The Morgan fingerprint density at radius 2 is 1.92 bits per heavy atom. The highest BCUT2D eigenvalue weighted by Gasteiger charge is 2.39. The van der Waals surface area contributed by atoms with Crippen LogP contribution in [0.15, 0.2) is 0 Å². The quantitative estimate of drug-likeness (QED) is 0.641. The fourth-order valence-electron chi connectivity index (χ4n) is 2.97. The topological polar surface area (TPSA) is 20.2 Å². The van der Waals surface area contributed by atoms with Crippen molar-refractivity contribution in [3.05, 3.63) is 0 Å². The van der Waals surface area contributed by atoms with Gasteiger partial charge in [-0.1, -0.05) is 27.7 Å². The van der Waals surface area contributed by atoms with Gasteiger partial charge in [0.05, 0.1) is 5.60 Å². The molecule has 1 N–H and O–H groups in total. The first-order valence-corrected chi connectivity index (χ1v) is 5.09. The van der Waals surface area contributed by atoms with Crippen molar-refractivity contribution in [2.75, 3.05) is 0 Å². The lowest BCUT2D eigenvalue weighted by Crippen LogP contribution is -2.41. The zero-order valence-electron chi connectivity index (χ0n) is 8.85. The molecular weight excluding hydrogens is 148 g/mol. The van der Waals surface area contributed by atoms with E-state index in [0.29, 0.717) is 11.3 Å². The minimum absolute atomic E-state index is 0.336. The minimum atomic E-state index is -0.374. The summed E-state index contributed by atoms with van der Waals surface area (Å²) in [5, 5.41) is 10.2. The summed E-state index contributed by atoms with van der Waals surface area (Å²) < 4.78 is 0. The Balaban J connectivity index is 2.70. The van der Waals surface area contributed by atoms with E-state index >= 15 is 0 Å². The van der Waals surface area contributed by atoms with Gasteiger partial charge >= 0.3 is 0 Å². The second-order valence-electron chi connectivity index (χ2n) is 5.43. The molecule has 1 aliphatic carbocycles. The fraction of sp³-hybridized carbons (Fsp3) is 1.00. The molecule has 12 heavy (non-hydrogen) atoms. The van der Waals surface area contributed by atoms with Gasteiger partial charge in [0.25, 0.3) is 0 Å². The molecule has 0 aromatic carbocycles. The molecule has 0 aliphatic heterocycles. The molecule has 1 heteroatoms. The lowest BCUT2D eigenvalue weighted by atomic mass is 9.65. The molecule has 2 atom stereocenters. The molecule has 1 fully saturated rings. The van der Waals surface area contributed by atoms with E-state index in [2.05, 4.69) is 27.7 Å². The lowest BCUT2D eigenvalue weighted by Gasteiger charge is -2.44. The lowest BCUT2D eigenvalue weighted by molar-refractivity contribution is -0.0603. The van der Waals surface area contributed by atoms with Crippen molar-refractivity contribution in [1.82, 2.24) is 0 Å². The van der Waals surface area contributed by atoms with Gasteiger partial charge in [0.1, 0.15) is 0 Å². The van der Waals surface area contributed by atoms with Gasteiger partial charge in [0.2, 0.25) is 0 Å². The molecule has 0 spiro atoms. The molecule has 1 nitrogen and oxygen atoms in total. The summed E-state index contributed by atoms with van der Waals surface area (Å²) in [6.07, 6.45) is 4.13. The van der Waals surface area contributed by atoms with E-state index < -0.39 is 0 Å². The molecule has 0 amide bonds. The monoisotopic (exact) mass is 170 g/mol. The van der Waals surface area contributed by atoms with E-state index in [4.69, 9.17) is 0 Å². The van der Waals surface area contributed by atoms with Crippen LogP contribution in [0.1, 0.15) is 53.4 Å². The van der Waals surface area contributed by atoms with Crippen molar-refractivity contribution >= 4 is 0 Å². The molecule has 0 unspecified atom stereocenters. The third kappa shape index (κ3) is 2.22. The molecule has 72 valence electrons. The van der Waals surface area contributed by atoms with Crippen LogP contribution in [0.3, 0.4) is 0 Å². The van der Waals surface area contributed by atoms with Crippen LogP contribution in [0, 0.1) is 11.3 Å². The van der Waals surface area contributed by atoms with Crippen LogP contribution in [0.5, 0.6) is 0 Å². The Bertz CT molecular complexity index is 162. The van der Waals surface area contributed by atoms with Crippen LogP contribution in [-0.2, 0) is 0 Å². The standard InChI is InChI=1S/C11H22O/c1-5-11(12)7-9(2)6-10(3,4)8-11/h9,12H,5-8H2,1-4H3/t9-,11-/m1/s1. The summed E-state index contributed by atoms with van der Waals surface area (Å²) in [5.74, 6) is 0.679. The van der Waals surface area contributed by atoms with E-state index in [0.717, 1.165) is 19.3 Å². The summed E-state index contributed by atoms with van der Waals surface area (Å²) in [6.45, 7) is 8.88. The van der Waals surface area contributed by atoms with Crippen molar-refractivity contribution in [2.45, 2.75) is 59.0 Å². The third-order valence-electron chi connectivity index (χ3n) is 3.10. The maximum Gasteiger partial charge on any atom is 0.0652 e. The van der Waals surface area contributed by atoms with Crippen molar-refractivity contribution < 1.29 is 5.11 Å². The summed E-state index contributed by atoms with van der Waals surface area (Å²) in [4.78, 5) is 0. The van der Waals surface area contributed by atoms with Crippen molar-refractivity contribution in [3.63, 3.8) is 0 Å². The summed E-state index contributed by atoms with van der Waals surface area (Å²) in [5.41, 5.74) is -0.0381. The third-order valence-corrected chi connectivity index (χ3v) is 3.10.